The van der Waals surface area contributed by atoms with E-state index in [1.165, 1.54) is 0 Å². The number of halogens is 1. The smallest absolute Gasteiger partial charge is 0.279 e. The molecule has 0 aliphatic carbocycles. The van der Waals surface area contributed by atoms with Gasteiger partial charge in [0.2, 0.25) is 0 Å². The summed E-state index contributed by atoms with van der Waals surface area (Å²) in [5.74, 6) is 0.343. The van der Waals surface area contributed by atoms with Crippen molar-refractivity contribution >= 4 is 34.8 Å². The van der Waals surface area contributed by atoms with Crippen LogP contribution < -0.4 is 20.3 Å². The minimum atomic E-state index is -0.166. The maximum absolute atomic E-state index is 12.3. The van der Waals surface area contributed by atoms with Crippen molar-refractivity contribution in [1.29, 1.82) is 0 Å². The molecule has 6 nitrogen and oxygen atoms in total. The first-order valence-electron chi connectivity index (χ1n) is 8.74. The highest BCUT2D eigenvalue weighted by atomic mass is 35.5. The lowest BCUT2D eigenvalue weighted by Gasteiger charge is -2.17. The lowest BCUT2D eigenvalue weighted by Crippen LogP contribution is -3.13. The summed E-state index contributed by atoms with van der Waals surface area (Å²) in [6.07, 6.45) is 0. The van der Waals surface area contributed by atoms with Gasteiger partial charge in [-0.3, -0.25) is 9.59 Å². The molecular formula is C20H25ClN3O3+. The number of hydrogen-bond donors (Lipinski definition) is 3. The third kappa shape index (κ3) is 6.58. The number of ether oxygens (including phenoxy) is 1. The van der Waals surface area contributed by atoms with Gasteiger partial charge in [0, 0.05) is 22.5 Å². The molecule has 0 aromatic heterocycles. The summed E-state index contributed by atoms with van der Waals surface area (Å²) in [7, 11) is 1.57. The molecule has 2 aromatic carbocycles. The molecule has 27 heavy (non-hydrogen) atoms. The van der Waals surface area contributed by atoms with Gasteiger partial charge in [0.1, 0.15) is 5.75 Å². The van der Waals surface area contributed by atoms with Crippen molar-refractivity contribution in [2.24, 2.45) is 0 Å². The number of methoxy groups -OCH3 is 1. The first-order chi connectivity index (χ1) is 12.9. The third-order valence-electron chi connectivity index (χ3n) is 4.13. The fourth-order valence-electron chi connectivity index (χ4n) is 2.55. The largest absolute Gasteiger partial charge is 0.497 e. The van der Waals surface area contributed by atoms with Crippen molar-refractivity contribution in [3.8, 4) is 5.75 Å². The monoisotopic (exact) mass is 390 g/mol. The van der Waals surface area contributed by atoms with Crippen LogP contribution in [0.2, 0.25) is 5.02 Å². The van der Waals surface area contributed by atoms with Gasteiger partial charge in [0.05, 0.1) is 13.7 Å². The number of amides is 2. The van der Waals surface area contributed by atoms with Crippen LogP contribution in [-0.4, -0.2) is 38.6 Å². The Bertz CT molecular complexity index is 811. The van der Waals surface area contributed by atoms with E-state index in [0.29, 0.717) is 28.7 Å². The molecule has 0 spiro atoms. The predicted molar refractivity (Wildman–Crippen MR) is 108 cm³/mol. The number of rotatable bonds is 8. The Morgan fingerprint density at radius 1 is 1.04 bits per heavy atom. The van der Waals surface area contributed by atoms with Crippen molar-refractivity contribution in [2.45, 2.75) is 13.8 Å². The van der Waals surface area contributed by atoms with Crippen LogP contribution in [0.1, 0.15) is 12.5 Å². The Balaban J connectivity index is 1.88. The molecule has 0 radical (unpaired) electrons. The first-order valence-corrected chi connectivity index (χ1v) is 9.12. The quantitative estimate of drug-likeness (QED) is 0.646. The Kier molecular flexibility index (Phi) is 7.64. The summed E-state index contributed by atoms with van der Waals surface area (Å²) >= 11 is 6.08. The third-order valence-corrected chi connectivity index (χ3v) is 4.54. The van der Waals surface area contributed by atoms with Gasteiger partial charge in [0.25, 0.3) is 11.8 Å². The van der Waals surface area contributed by atoms with Gasteiger partial charge in [-0.25, -0.2) is 0 Å². The average Bonchev–Trinajstić information content (AvgIpc) is 2.64. The summed E-state index contributed by atoms with van der Waals surface area (Å²) in [4.78, 5) is 25.4. The maximum atomic E-state index is 12.3. The van der Waals surface area contributed by atoms with E-state index in [-0.39, 0.29) is 24.9 Å². The highest BCUT2D eigenvalue weighted by Crippen LogP contribution is 2.19. The molecule has 7 heteroatoms. The van der Waals surface area contributed by atoms with E-state index < -0.39 is 0 Å². The summed E-state index contributed by atoms with van der Waals surface area (Å²) in [6.45, 7) is 4.86. The molecule has 0 bridgehead atoms. The molecule has 0 aliphatic heterocycles. The Hall–Kier alpha value is -2.57. The van der Waals surface area contributed by atoms with Crippen LogP contribution >= 0.6 is 11.6 Å². The van der Waals surface area contributed by atoms with Crippen LogP contribution in [0, 0.1) is 6.92 Å². The van der Waals surface area contributed by atoms with E-state index >= 15 is 0 Å². The number of quaternary nitrogens is 1. The molecule has 0 aliphatic rings. The molecule has 2 aromatic rings. The number of carbonyl (C=O) groups excluding carboxylic acids is 2. The lowest BCUT2D eigenvalue weighted by atomic mass is 10.2. The predicted octanol–water partition coefficient (Wildman–Crippen LogP) is 2.14. The summed E-state index contributed by atoms with van der Waals surface area (Å²) in [5, 5.41) is 6.25. The minimum absolute atomic E-state index is 0.161. The lowest BCUT2D eigenvalue weighted by molar-refractivity contribution is -0.881. The van der Waals surface area contributed by atoms with Crippen molar-refractivity contribution in [3.05, 3.63) is 53.1 Å². The summed E-state index contributed by atoms with van der Waals surface area (Å²) in [6, 6.07) is 12.5. The average molecular weight is 391 g/mol. The molecule has 2 rings (SSSR count). The van der Waals surface area contributed by atoms with E-state index in [0.717, 1.165) is 10.5 Å². The fraction of sp³-hybridized carbons (Fsp3) is 0.300. The van der Waals surface area contributed by atoms with Crippen LogP contribution in [0.5, 0.6) is 5.75 Å². The van der Waals surface area contributed by atoms with E-state index in [1.54, 1.807) is 43.5 Å². The summed E-state index contributed by atoms with van der Waals surface area (Å²) in [5.41, 5.74) is 2.25. The highest BCUT2D eigenvalue weighted by molar-refractivity contribution is 6.31. The Morgan fingerprint density at radius 3 is 2.22 bits per heavy atom. The van der Waals surface area contributed by atoms with Gasteiger partial charge < -0.3 is 20.3 Å². The molecule has 0 fully saturated rings. The van der Waals surface area contributed by atoms with Gasteiger partial charge >= 0.3 is 0 Å². The molecule has 2 amide bonds. The number of carbonyl (C=O) groups is 2. The van der Waals surface area contributed by atoms with E-state index in [1.807, 2.05) is 19.9 Å². The SMILES string of the molecule is CC[NH+](CC(=O)Nc1cccc(OC)c1)CC(=O)Nc1ccc(C)c(Cl)c1. The zero-order valence-electron chi connectivity index (χ0n) is 15.8. The van der Waals surface area contributed by atoms with Crippen LogP contribution in [0.3, 0.4) is 0 Å². The standard InChI is InChI=1S/C20H24ClN3O3/c1-4-24(12-19(25)22-15-6-5-7-17(10-15)27-3)13-20(26)23-16-9-8-14(2)18(21)11-16/h5-11H,4,12-13H2,1-3H3,(H,22,25)(H,23,26)/p+1. The van der Waals surface area contributed by atoms with Crippen molar-refractivity contribution < 1.29 is 19.2 Å². The zero-order valence-corrected chi connectivity index (χ0v) is 16.5. The Labute approximate surface area is 164 Å². The van der Waals surface area contributed by atoms with Crippen molar-refractivity contribution in [3.63, 3.8) is 0 Å². The molecule has 0 saturated heterocycles. The maximum Gasteiger partial charge on any atom is 0.279 e. The number of benzene rings is 2. The van der Waals surface area contributed by atoms with Crippen molar-refractivity contribution in [1.82, 2.24) is 0 Å². The van der Waals surface area contributed by atoms with Crippen LogP contribution in [0.15, 0.2) is 42.5 Å². The molecule has 3 N–H and O–H groups in total. The van der Waals surface area contributed by atoms with Gasteiger partial charge in [-0.05, 0) is 43.7 Å². The number of hydrogen-bond acceptors (Lipinski definition) is 3. The van der Waals surface area contributed by atoms with Gasteiger partial charge in [-0.1, -0.05) is 23.7 Å². The van der Waals surface area contributed by atoms with Crippen molar-refractivity contribution in [2.75, 3.05) is 37.4 Å². The second kappa shape index (κ2) is 9.94. The molecule has 0 saturated carbocycles. The van der Waals surface area contributed by atoms with Gasteiger partial charge in [0.15, 0.2) is 13.1 Å². The van der Waals surface area contributed by atoms with Gasteiger partial charge in [-0.2, -0.15) is 0 Å². The molecule has 144 valence electrons. The van der Waals surface area contributed by atoms with E-state index in [4.69, 9.17) is 16.3 Å². The fourth-order valence-corrected chi connectivity index (χ4v) is 2.73. The number of anilines is 2. The Morgan fingerprint density at radius 2 is 1.67 bits per heavy atom. The number of likely N-dealkylation sites (N-methyl/N-ethyl adjacent to an activating group) is 1. The second-order valence-electron chi connectivity index (χ2n) is 6.25. The van der Waals surface area contributed by atoms with Crippen LogP contribution in [0.4, 0.5) is 11.4 Å². The summed E-state index contributed by atoms with van der Waals surface area (Å²) < 4.78 is 5.14. The van der Waals surface area contributed by atoms with E-state index in [2.05, 4.69) is 10.6 Å². The zero-order chi connectivity index (χ0) is 19.8. The molecular weight excluding hydrogens is 366 g/mol. The normalized spacial score (nSPS) is 11.6. The first kappa shape index (κ1) is 20.7. The van der Waals surface area contributed by atoms with Crippen LogP contribution in [0.25, 0.3) is 0 Å². The molecule has 1 atom stereocenters. The molecule has 1 unspecified atom stereocenters. The van der Waals surface area contributed by atoms with Gasteiger partial charge in [-0.15, -0.1) is 0 Å². The molecule has 0 heterocycles. The number of aryl methyl sites for hydroxylation is 1. The van der Waals surface area contributed by atoms with Crippen LogP contribution in [-0.2, 0) is 9.59 Å². The minimum Gasteiger partial charge on any atom is -0.497 e. The second-order valence-corrected chi connectivity index (χ2v) is 6.66. The number of nitrogens with one attached hydrogen (secondary N) is 3. The topological polar surface area (TPSA) is 71.9 Å². The highest BCUT2D eigenvalue weighted by Gasteiger charge is 2.17. The van der Waals surface area contributed by atoms with E-state index in [9.17, 15) is 9.59 Å².